The molecule has 8 heteroatoms. The summed E-state index contributed by atoms with van der Waals surface area (Å²) in [6.07, 6.45) is 0. The van der Waals surface area contributed by atoms with Gasteiger partial charge < -0.3 is 25.7 Å². The molecule has 0 aliphatic rings. The summed E-state index contributed by atoms with van der Waals surface area (Å²) < 4.78 is 5.34. The minimum absolute atomic E-state index is 0.229. The van der Waals surface area contributed by atoms with E-state index < -0.39 is 34.4 Å². The molecule has 132 valence electrons. The van der Waals surface area contributed by atoms with Gasteiger partial charge in [-0.2, -0.15) is 0 Å². The van der Waals surface area contributed by atoms with E-state index in [1.54, 1.807) is 30.3 Å². The Morgan fingerprint density at radius 2 is 1.65 bits per heavy atom. The van der Waals surface area contributed by atoms with Crippen LogP contribution in [0.1, 0.15) is 20.7 Å². The number of nitrogens with two attached hydrogens (primary N) is 1. The number of nitrogens with one attached hydrogen (secondary N) is 1. The predicted molar refractivity (Wildman–Crippen MR) is 94.9 cm³/mol. The van der Waals surface area contributed by atoms with Gasteiger partial charge in [0.2, 0.25) is 0 Å². The number of carboxylic acids is 2. The number of aromatic carboxylic acids is 2. The van der Waals surface area contributed by atoms with Crippen molar-refractivity contribution in [3.8, 4) is 16.9 Å². The molecular formula is C18H14N2O6. The van der Waals surface area contributed by atoms with E-state index in [4.69, 9.17) is 10.5 Å². The van der Waals surface area contributed by atoms with Crippen LogP contribution in [0, 0.1) is 0 Å². The predicted octanol–water partition coefficient (Wildman–Crippen LogP) is 2.18. The number of hydrogen-bond donors (Lipinski definition) is 4. The van der Waals surface area contributed by atoms with Gasteiger partial charge in [0.05, 0.1) is 7.11 Å². The van der Waals surface area contributed by atoms with Gasteiger partial charge >= 0.3 is 11.9 Å². The summed E-state index contributed by atoms with van der Waals surface area (Å²) >= 11 is 0. The van der Waals surface area contributed by atoms with Gasteiger partial charge in [0.1, 0.15) is 22.7 Å². The Kier molecular flexibility index (Phi) is 4.09. The Morgan fingerprint density at radius 3 is 2.23 bits per heavy atom. The van der Waals surface area contributed by atoms with E-state index in [9.17, 15) is 24.6 Å². The molecule has 1 heterocycles. The number of ether oxygens (including phenoxy) is 1. The number of H-pyrrole nitrogens is 1. The number of benzene rings is 2. The van der Waals surface area contributed by atoms with Crippen molar-refractivity contribution in [3.63, 3.8) is 0 Å². The van der Waals surface area contributed by atoms with Crippen molar-refractivity contribution in [2.24, 2.45) is 0 Å². The molecule has 0 radical (unpaired) electrons. The highest BCUT2D eigenvalue weighted by Gasteiger charge is 2.28. The summed E-state index contributed by atoms with van der Waals surface area (Å²) in [7, 11) is 1.44. The third kappa shape index (κ3) is 2.53. The molecule has 5 N–H and O–H groups in total. The van der Waals surface area contributed by atoms with Gasteiger partial charge in [0, 0.05) is 10.9 Å². The van der Waals surface area contributed by atoms with Gasteiger partial charge in [-0.3, -0.25) is 4.79 Å². The van der Waals surface area contributed by atoms with E-state index >= 15 is 0 Å². The number of methoxy groups -OCH3 is 1. The lowest BCUT2D eigenvalue weighted by Gasteiger charge is -2.15. The number of carbonyl (C=O) groups is 2. The van der Waals surface area contributed by atoms with Crippen LogP contribution in [0.3, 0.4) is 0 Å². The van der Waals surface area contributed by atoms with E-state index in [-0.39, 0.29) is 11.1 Å². The van der Waals surface area contributed by atoms with E-state index in [0.29, 0.717) is 16.5 Å². The first-order valence-corrected chi connectivity index (χ1v) is 7.45. The SMILES string of the molecule is COc1cccc2cccc(-c3c(C(=O)O)c(N)[nH]c(=O)c3C(=O)O)c12. The second kappa shape index (κ2) is 6.25. The van der Waals surface area contributed by atoms with Crippen molar-refractivity contribution in [2.45, 2.75) is 0 Å². The average molecular weight is 354 g/mol. The first-order valence-electron chi connectivity index (χ1n) is 7.45. The zero-order chi connectivity index (χ0) is 19.0. The summed E-state index contributed by atoms with van der Waals surface area (Å²) in [4.78, 5) is 37.8. The Hall–Kier alpha value is -3.81. The van der Waals surface area contributed by atoms with Crippen LogP contribution in [-0.2, 0) is 0 Å². The first-order chi connectivity index (χ1) is 12.4. The molecule has 1 aromatic heterocycles. The number of aromatic amines is 1. The van der Waals surface area contributed by atoms with E-state index in [2.05, 4.69) is 4.98 Å². The smallest absolute Gasteiger partial charge is 0.342 e. The van der Waals surface area contributed by atoms with Crippen LogP contribution in [0.2, 0.25) is 0 Å². The minimum atomic E-state index is -1.56. The van der Waals surface area contributed by atoms with Crippen molar-refractivity contribution in [2.75, 3.05) is 12.8 Å². The van der Waals surface area contributed by atoms with Crippen LogP contribution in [0.4, 0.5) is 5.82 Å². The lowest BCUT2D eigenvalue weighted by molar-refractivity contribution is 0.0695. The highest BCUT2D eigenvalue weighted by Crippen LogP contribution is 2.38. The van der Waals surface area contributed by atoms with Crippen molar-refractivity contribution >= 4 is 28.5 Å². The molecule has 0 saturated carbocycles. The molecule has 0 unspecified atom stereocenters. The molecule has 0 amide bonds. The fraction of sp³-hybridized carbons (Fsp3) is 0.0556. The Bertz CT molecular complexity index is 1110. The molecule has 0 bridgehead atoms. The summed E-state index contributed by atoms with van der Waals surface area (Å²) in [6, 6.07) is 10.1. The third-order valence-electron chi connectivity index (χ3n) is 4.03. The van der Waals surface area contributed by atoms with E-state index in [0.717, 1.165) is 0 Å². The molecule has 0 aliphatic carbocycles. The highest BCUT2D eigenvalue weighted by atomic mass is 16.5. The topological polar surface area (TPSA) is 143 Å². The zero-order valence-electron chi connectivity index (χ0n) is 13.6. The Labute approximate surface area is 146 Å². The minimum Gasteiger partial charge on any atom is -0.496 e. The zero-order valence-corrected chi connectivity index (χ0v) is 13.6. The second-order valence-corrected chi connectivity index (χ2v) is 5.47. The van der Waals surface area contributed by atoms with E-state index in [1.165, 1.54) is 13.2 Å². The van der Waals surface area contributed by atoms with Gasteiger partial charge in [-0.25, -0.2) is 9.59 Å². The van der Waals surface area contributed by atoms with Crippen molar-refractivity contribution in [1.29, 1.82) is 0 Å². The molecule has 2 aromatic carbocycles. The van der Waals surface area contributed by atoms with Gasteiger partial charge in [0.25, 0.3) is 5.56 Å². The van der Waals surface area contributed by atoms with Crippen LogP contribution >= 0.6 is 0 Å². The number of fused-ring (bicyclic) bond motifs is 1. The Morgan fingerprint density at radius 1 is 1.04 bits per heavy atom. The van der Waals surface area contributed by atoms with Gasteiger partial charge in [0.15, 0.2) is 0 Å². The van der Waals surface area contributed by atoms with Crippen LogP contribution < -0.4 is 16.0 Å². The number of hydrogen-bond acceptors (Lipinski definition) is 5. The maximum atomic E-state index is 12.2. The Balaban J connectivity index is 2.60. The lowest BCUT2D eigenvalue weighted by Crippen LogP contribution is -2.24. The van der Waals surface area contributed by atoms with Crippen molar-refractivity contribution in [1.82, 2.24) is 4.98 Å². The maximum absolute atomic E-state index is 12.2. The molecule has 3 rings (SSSR count). The largest absolute Gasteiger partial charge is 0.496 e. The number of carboxylic acid groups (broad SMARTS) is 2. The second-order valence-electron chi connectivity index (χ2n) is 5.47. The highest BCUT2D eigenvalue weighted by molar-refractivity contribution is 6.12. The monoisotopic (exact) mass is 354 g/mol. The molecule has 0 fully saturated rings. The van der Waals surface area contributed by atoms with Crippen LogP contribution in [0.5, 0.6) is 5.75 Å². The first kappa shape index (κ1) is 17.0. The number of aromatic nitrogens is 1. The van der Waals surface area contributed by atoms with Crippen LogP contribution in [0.25, 0.3) is 21.9 Å². The maximum Gasteiger partial charge on any atom is 0.342 e. The quantitative estimate of drug-likeness (QED) is 0.562. The van der Waals surface area contributed by atoms with Gasteiger partial charge in [-0.05, 0) is 17.0 Å². The normalized spacial score (nSPS) is 10.7. The molecule has 0 aliphatic heterocycles. The summed E-state index contributed by atoms with van der Waals surface area (Å²) in [5.41, 5.74) is 3.48. The molecular weight excluding hydrogens is 340 g/mol. The summed E-state index contributed by atoms with van der Waals surface area (Å²) in [5, 5.41) is 20.3. The fourth-order valence-electron chi connectivity index (χ4n) is 3.00. The summed E-state index contributed by atoms with van der Waals surface area (Å²) in [6.45, 7) is 0. The van der Waals surface area contributed by atoms with Crippen LogP contribution in [0.15, 0.2) is 41.2 Å². The molecule has 0 spiro atoms. The number of anilines is 1. The molecule has 26 heavy (non-hydrogen) atoms. The van der Waals surface area contributed by atoms with Gasteiger partial charge in [-0.1, -0.05) is 30.3 Å². The molecule has 0 atom stereocenters. The van der Waals surface area contributed by atoms with Crippen molar-refractivity contribution < 1.29 is 24.5 Å². The van der Waals surface area contributed by atoms with Crippen LogP contribution in [-0.4, -0.2) is 34.2 Å². The number of nitrogen functional groups attached to an aromatic ring is 1. The molecule has 8 nitrogen and oxygen atoms in total. The molecule has 0 saturated heterocycles. The molecule has 3 aromatic rings. The van der Waals surface area contributed by atoms with Gasteiger partial charge in [-0.15, -0.1) is 0 Å². The third-order valence-corrected chi connectivity index (χ3v) is 4.03. The average Bonchev–Trinajstić information content (AvgIpc) is 2.59. The number of pyridine rings is 1. The fourth-order valence-corrected chi connectivity index (χ4v) is 3.00. The lowest BCUT2D eigenvalue weighted by atomic mass is 9.91. The standard InChI is InChI=1S/C18H14N2O6/c1-26-10-7-3-5-8-4-2-6-9(11(8)10)12-13(17(22)23)15(19)20-16(21)14(12)18(24)25/h2-7H,1H3,(H,22,23)(H,24,25)(H3,19,20,21). The van der Waals surface area contributed by atoms with Crippen molar-refractivity contribution in [3.05, 3.63) is 57.9 Å². The van der Waals surface area contributed by atoms with E-state index in [1.807, 2.05) is 0 Å². The summed E-state index contributed by atoms with van der Waals surface area (Å²) in [5.74, 6) is -3.03. The number of rotatable bonds is 4.